The first-order chi connectivity index (χ1) is 12.2. The predicted molar refractivity (Wildman–Crippen MR) is 91.8 cm³/mol. The summed E-state index contributed by atoms with van der Waals surface area (Å²) in [5, 5.41) is 11.8. The number of rotatable bonds is 5. The molecule has 2 aliphatic rings. The Hall–Kier alpha value is -2.24. The highest BCUT2D eigenvalue weighted by Crippen LogP contribution is 2.41. The highest BCUT2D eigenvalue weighted by Gasteiger charge is 2.43. The number of carbonyl (C=O) groups is 1. The van der Waals surface area contributed by atoms with E-state index < -0.39 is 5.41 Å². The van der Waals surface area contributed by atoms with Crippen molar-refractivity contribution in [1.82, 2.24) is 20.2 Å². The molecule has 0 radical (unpaired) electrons. The summed E-state index contributed by atoms with van der Waals surface area (Å²) in [6.07, 6.45) is 7.19. The van der Waals surface area contributed by atoms with Crippen molar-refractivity contribution in [3.63, 3.8) is 0 Å². The van der Waals surface area contributed by atoms with Gasteiger partial charge in [-0.2, -0.15) is 0 Å². The summed E-state index contributed by atoms with van der Waals surface area (Å²) in [4.78, 5) is 13.1. The topological polar surface area (TPSA) is 69.9 Å². The first-order valence-corrected chi connectivity index (χ1v) is 9.20. The van der Waals surface area contributed by atoms with Crippen LogP contribution in [0.1, 0.15) is 67.9 Å². The van der Waals surface area contributed by atoms with Gasteiger partial charge in [0.2, 0.25) is 0 Å². The maximum atomic E-state index is 13.1. The Morgan fingerprint density at radius 2 is 2.08 bits per heavy atom. The van der Waals surface area contributed by atoms with Crippen molar-refractivity contribution in [3.8, 4) is 0 Å². The maximum absolute atomic E-state index is 13.1. The Balaban J connectivity index is 1.54. The van der Waals surface area contributed by atoms with E-state index in [1.807, 2.05) is 6.07 Å². The molecule has 132 valence electrons. The van der Waals surface area contributed by atoms with Crippen molar-refractivity contribution < 1.29 is 9.53 Å². The molecule has 0 amide bonds. The summed E-state index contributed by atoms with van der Waals surface area (Å²) >= 11 is 0. The number of aromatic nitrogens is 4. The number of esters is 1. The second-order valence-corrected chi connectivity index (χ2v) is 7.36. The molecule has 0 N–H and O–H groups in total. The number of benzene rings is 1. The SMILES string of the molecule is Cc1cccc(C2(C(=O)OCc3nnnn3C3CC3)CCCCC2)c1. The van der Waals surface area contributed by atoms with E-state index in [0.29, 0.717) is 11.9 Å². The fourth-order valence-electron chi connectivity index (χ4n) is 3.89. The van der Waals surface area contributed by atoms with Gasteiger partial charge in [-0.25, -0.2) is 4.68 Å². The standard InChI is InChI=1S/C19H24N4O2/c1-14-6-5-7-15(12-14)19(10-3-2-4-11-19)18(24)25-13-17-20-21-22-23(17)16-8-9-16/h5-7,12,16H,2-4,8-11,13H2,1H3. The molecule has 1 aromatic heterocycles. The summed E-state index contributed by atoms with van der Waals surface area (Å²) in [5.74, 6) is 0.509. The largest absolute Gasteiger partial charge is 0.457 e. The zero-order chi connectivity index (χ0) is 17.3. The normalized spacial score (nSPS) is 19.6. The van der Waals surface area contributed by atoms with E-state index in [1.54, 1.807) is 4.68 Å². The van der Waals surface area contributed by atoms with Gasteiger partial charge in [-0.3, -0.25) is 4.79 Å². The van der Waals surface area contributed by atoms with Crippen LogP contribution in [0.5, 0.6) is 0 Å². The van der Waals surface area contributed by atoms with Crippen LogP contribution in [-0.2, 0) is 21.6 Å². The molecule has 2 aliphatic carbocycles. The van der Waals surface area contributed by atoms with Gasteiger partial charge in [-0.05, 0) is 48.6 Å². The van der Waals surface area contributed by atoms with Crippen molar-refractivity contribution in [2.75, 3.05) is 0 Å². The molecule has 2 saturated carbocycles. The quantitative estimate of drug-likeness (QED) is 0.781. The van der Waals surface area contributed by atoms with E-state index in [2.05, 4.69) is 40.6 Å². The molecule has 2 aromatic rings. The van der Waals surface area contributed by atoms with Crippen LogP contribution in [0.15, 0.2) is 24.3 Å². The first kappa shape index (κ1) is 16.2. The predicted octanol–water partition coefficient (Wildman–Crippen LogP) is 3.26. The Bertz CT molecular complexity index is 760. The van der Waals surface area contributed by atoms with E-state index in [1.165, 1.54) is 12.0 Å². The highest BCUT2D eigenvalue weighted by atomic mass is 16.5. The molecular weight excluding hydrogens is 316 g/mol. The van der Waals surface area contributed by atoms with E-state index in [0.717, 1.165) is 44.1 Å². The third-order valence-electron chi connectivity index (χ3n) is 5.45. The van der Waals surface area contributed by atoms with Crippen molar-refractivity contribution in [1.29, 1.82) is 0 Å². The van der Waals surface area contributed by atoms with Crippen LogP contribution in [0.3, 0.4) is 0 Å². The van der Waals surface area contributed by atoms with Crippen LogP contribution >= 0.6 is 0 Å². The van der Waals surface area contributed by atoms with E-state index in [4.69, 9.17) is 4.74 Å². The molecule has 1 aromatic carbocycles. The smallest absolute Gasteiger partial charge is 0.317 e. The molecule has 4 rings (SSSR count). The Labute approximate surface area is 147 Å². The summed E-state index contributed by atoms with van der Waals surface area (Å²) in [5.41, 5.74) is 1.73. The van der Waals surface area contributed by atoms with Crippen molar-refractivity contribution >= 4 is 5.97 Å². The van der Waals surface area contributed by atoms with Gasteiger partial charge in [0.15, 0.2) is 12.4 Å². The molecule has 0 unspecified atom stereocenters. The van der Waals surface area contributed by atoms with Gasteiger partial charge in [0, 0.05) is 0 Å². The molecule has 2 fully saturated rings. The summed E-state index contributed by atoms with van der Waals surface area (Å²) in [7, 11) is 0. The number of carbonyl (C=O) groups excluding carboxylic acids is 1. The van der Waals surface area contributed by atoms with Crippen LogP contribution in [0.25, 0.3) is 0 Å². The van der Waals surface area contributed by atoms with E-state index in [-0.39, 0.29) is 12.6 Å². The van der Waals surface area contributed by atoms with Crippen LogP contribution in [0.4, 0.5) is 0 Å². The number of tetrazole rings is 1. The monoisotopic (exact) mass is 340 g/mol. The zero-order valence-electron chi connectivity index (χ0n) is 14.6. The minimum Gasteiger partial charge on any atom is -0.457 e. The third-order valence-corrected chi connectivity index (χ3v) is 5.45. The molecule has 6 heteroatoms. The highest BCUT2D eigenvalue weighted by molar-refractivity contribution is 5.83. The average molecular weight is 340 g/mol. The second-order valence-electron chi connectivity index (χ2n) is 7.36. The minimum atomic E-state index is -0.526. The van der Waals surface area contributed by atoms with Gasteiger partial charge in [0.25, 0.3) is 0 Å². The van der Waals surface area contributed by atoms with Gasteiger partial charge >= 0.3 is 5.97 Å². The van der Waals surface area contributed by atoms with E-state index in [9.17, 15) is 4.79 Å². The van der Waals surface area contributed by atoms with Crippen molar-refractivity contribution in [3.05, 3.63) is 41.2 Å². The van der Waals surface area contributed by atoms with Crippen molar-refractivity contribution in [2.45, 2.75) is 69.9 Å². The second kappa shape index (κ2) is 6.58. The maximum Gasteiger partial charge on any atom is 0.317 e. The number of hydrogen-bond donors (Lipinski definition) is 0. The van der Waals surface area contributed by atoms with Gasteiger partial charge in [0.05, 0.1) is 11.5 Å². The zero-order valence-corrected chi connectivity index (χ0v) is 14.6. The molecule has 1 heterocycles. The van der Waals surface area contributed by atoms with Gasteiger partial charge in [-0.15, -0.1) is 5.10 Å². The Morgan fingerprint density at radius 3 is 2.80 bits per heavy atom. The number of ether oxygens (including phenoxy) is 1. The third kappa shape index (κ3) is 3.17. The summed E-state index contributed by atoms with van der Waals surface area (Å²) in [6, 6.07) is 8.66. The first-order valence-electron chi connectivity index (χ1n) is 9.20. The average Bonchev–Trinajstić information content (AvgIpc) is 3.38. The number of aryl methyl sites for hydroxylation is 1. The number of nitrogens with zero attached hydrogens (tertiary/aromatic N) is 4. The Morgan fingerprint density at radius 1 is 1.28 bits per heavy atom. The fourth-order valence-corrected chi connectivity index (χ4v) is 3.89. The molecule has 0 saturated heterocycles. The molecule has 0 bridgehead atoms. The summed E-state index contributed by atoms with van der Waals surface area (Å²) < 4.78 is 7.54. The van der Waals surface area contributed by atoms with Gasteiger partial charge < -0.3 is 4.74 Å². The Kier molecular flexibility index (Phi) is 4.27. The lowest BCUT2D eigenvalue weighted by atomic mass is 9.69. The molecule has 25 heavy (non-hydrogen) atoms. The summed E-state index contributed by atoms with van der Waals surface area (Å²) in [6.45, 7) is 2.21. The van der Waals surface area contributed by atoms with Crippen LogP contribution in [0, 0.1) is 6.92 Å². The van der Waals surface area contributed by atoms with Crippen LogP contribution in [0.2, 0.25) is 0 Å². The van der Waals surface area contributed by atoms with Gasteiger partial charge in [0.1, 0.15) is 0 Å². The molecule has 0 spiro atoms. The minimum absolute atomic E-state index is 0.136. The fraction of sp³-hybridized carbons (Fsp3) is 0.579. The molecular formula is C19H24N4O2. The molecule has 6 nitrogen and oxygen atoms in total. The van der Waals surface area contributed by atoms with Crippen LogP contribution < -0.4 is 0 Å². The molecule has 0 atom stereocenters. The lowest BCUT2D eigenvalue weighted by Crippen LogP contribution is -2.39. The van der Waals surface area contributed by atoms with E-state index >= 15 is 0 Å². The van der Waals surface area contributed by atoms with Gasteiger partial charge in [-0.1, -0.05) is 49.1 Å². The lowest BCUT2D eigenvalue weighted by molar-refractivity contribution is -0.154. The number of hydrogen-bond acceptors (Lipinski definition) is 5. The van der Waals surface area contributed by atoms with Crippen molar-refractivity contribution in [2.24, 2.45) is 0 Å². The van der Waals surface area contributed by atoms with Crippen LogP contribution in [-0.4, -0.2) is 26.2 Å². The molecule has 0 aliphatic heterocycles. The lowest BCUT2D eigenvalue weighted by Gasteiger charge is -2.35.